The molecule has 2 nitrogen and oxygen atoms in total. The van der Waals surface area contributed by atoms with Crippen LogP contribution in [0.5, 0.6) is 0 Å². The van der Waals surface area contributed by atoms with Gasteiger partial charge in [-0.25, -0.2) is 0 Å². The van der Waals surface area contributed by atoms with Gasteiger partial charge < -0.3 is 9.84 Å². The molecule has 2 rings (SSSR count). The molecular formula is C11H20AcO2. The van der Waals surface area contributed by atoms with Crippen molar-refractivity contribution >= 4 is 0 Å². The largest absolute Gasteiger partial charge is 0.390 e. The fourth-order valence-corrected chi connectivity index (χ4v) is 2.89. The van der Waals surface area contributed by atoms with E-state index >= 15 is 0 Å². The van der Waals surface area contributed by atoms with Crippen molar-refractivity contribution in [1.29, 1.82) is 0 Å². The molecule has 2 aliphatic heterocycles. The van der Waals surface area contributed by atoms with E-state index in [2.05, 4.69) is 13.8 Å². The molecule has 2 aliphatic rings. The first-order valence-corrected chi connectivity index (χ1v) is 5.29. The molecule has 14 heavy (non-hydrogen) atoms. The van der Waals surface area contributed by atoms with Crippen LogP contribution in [0.15, 0.2) is 0 Å². The van der Waals surface area contributed by atoms with Gasteiger partial charge in [0.1, 0.15) is 0 Å². The van der Waals surface area contributed by atoms with E-state index in [0.29, 0.717) is 30.0 Å². The van der Waals surface area contributed by atoms with Gasteiger partial charge in [0.15, 0.2) is 0 Å². The van der Waals surface area contributed by atoms with Crippen LogP contribution < -0.4 is 0 Å². The van der Waals surface area contributed by atoms with Crippen molar-refractivity contribution in [2.75, 3.05) is 0 Å². The van der Waals surface area contributed by atoms with Crippen LogP contribution in [0.2, 0.25) is 0 Å². The standard InChI is InChI=1S/C11H20O2.Ac/c1-6-7(2)10-8(11(3,4)12)5-9(6)13-10;/h6-10,12H,5H2,1-4H3;. The van der Waals surface area contributed by atoms with E-state index in [1.807, 2.05) is 13.8 Å². The van der Waals surface area contributed by atoms with Gasteiger partial charge in [0.25, 0.3) is 0 Å². The minimum Gasteiger partial charge on any atom is -0.390 e. The van der Waals surface area contributed by atoms with Crippen LogP contribution >= 0.6 is 0 Å². The molecule has 0 aromatic carbocycles. The molecule has 0 spiro atoms. The summed E-state index contributed by atoms with van der Waals surface area (Å²) in [6, 6.07) is 0. The van der Waals surface area contributed by atoms with E-state index in [4.69, 9.17) is 4.74 Å². The summed E-state index contributed by atoms with van der Waals surface area (Å²) in [6.07, 6.45) is 1.73. The maximum absolute atomic E-state index is 9.96. The summed E-state index contributed by atoms with van der Waals surface area (Å²) in [6.45, 7) is 8.31. The number of fused-ring (bicyclic) bond motifs is 2. The number of hydrogen-bond acceptors (Lipinski definition) is 2. The van der Waals surface area contributed by atoms with Gasteiger partial charge in [-0.3, -0.25) is 0 Å². The van der Waals surface area contributed by atoms with Crippen LogP contribution in [0.4, 0.5) is 0 Å². The van der Waals surface area contributed by atoms with Gasteiger partial charge >= 0.3 is 0 Å². The average molecular weight is 411 g/mol. The van der Waals surface area contributed by atoms with Crippen LogP contribution in [-0.4, -0.2) is 22.9 Å². The molecule has 2 heterocycles. The molecule has 0 aliphatic carbocycles. The van der Waals surface area contributed by atoms with Gasteiger partial charge in [-0.2, -0.15) is 0 Å². The Bertz CT molecular complexity index is 210. The zero-order valence-corrected chi connectivity index (χ0v) is 14.3. The Balaban J connectivity index is 0.000000980. The molecule has 3 heteroatoms. The van der Waals surface area contributed by atoms with Crippen LogP contribution in [0.3, 0.4) is 0 Å². The van der Waals surface area contributed by atoms with Crippen LogP contribution in [0, 0.1) is 61.8 Å². The van der Waals surface area contributed by atoms with Gasteiger partial charge in [-0.05, 0) is 32.1 Å². The Morgan fingerprint density at radius 1 is 1.21 bits per heavy atom. The molecule has 79 valence electrons. The second-order valence-corrected chi connectivity index (χ2v) is 5.35. The normalized spacial score (nSPS) is 46.5. The van der Waals surface area contributed by atoms with E-state index in [-0.39, 0.29) is 44.1 Å². The molecule has 2 bridgehead atoms. The minimum absolute atomic E-state index is 0. The molecule has 0 aromatic rings. The van der Waals surface area contributed by atoms with Crippen molar-refractivity contribution in [3.8, 4) is 0 Å². The van der Waals surface area contributed by atoms with E-state index in [1.54, 1.807) is 0 Å². The Morgan fingerprint density at radius 3 is 2.14 bits per heavy atom. The first-order valence-electron chi connectivity index (χ1n) is 5.29. The summed E-state index contributed by atoms with van der Waals surface area (Å²) >= 11 is 0. The Labute approximate surface area is 122 Å². The maximum Gasteiger partial charge on any atom is 0.0664 e. The molecule has 2 saturated heterocycles. The summed E-state index contributed by atoms with van der Waals surface area (Å²) in [5, 5.41) is 9.96. The van der Waals surface area contributed by atoms with Crippen molar-refractivity contribution in [2.45, 2.75) is 51.9 Å². The second-order valence-electron chi connectivity index (χ2n) is 5.35. The third-order valence-electron chi connectivity index (χ3n) is 4.06. The van der Waals surface area contributed by atoms with Crippen molar-refractivity contribution in [3.63, 3.8) is 0 Å². The predicted molar refractivity (Wildman–Crippen MR) is 51.4 cm³/mol. The van der Waals surface area contributed by atoms with Gasteiger partial charge in [0.05, 0.1) is 17.8 Å². The zero-order valence-electron chi connectivity index (χ0n) is 9.53. The van der Waals surface area contributed by atoms with E-state index in [1.165, 1.54) is 0 Å². The summed E-state index contributed by atoms with van der Waals surface area (Å²) < 4.78 is 5.88. The second kappa shape index (κ2) is 4.32. The van der Waals surface area contributed by atoms with Crippen molar-refractivity contribution < 1.29 is 53.9 Å². The Hall–Kier alpha value is 1.36. The summed E-state index contributed by atoms with van der Waals surface area (Å²) in [4.78, 5) is 0. The molecular weight excluding hydrogens is 391 g/mol. The quantitative estimate of drug-likeness (QED) is 0.714. The maximum atomic E-state index is 9.96. The van der Waals surface area contributed by atoms with Gasteiger partial charge in [0.2, 0.25) is 0 Å². The number of ether oxygens (including phenoxy) is 1. The smallest absolute Gasteiger partial charge is 0.0664 e. The first-order chi connectivity index (χ1) is 5.91. The third-order valence-corrected chi connectivity index (χ3v) is 4.06. The Morgan fingerprint density at radius 2 is 1.79 bits per heavy atom. The fourth-order valence-electron chi connectivity index (χ4n) is 2.89. The van der Waals surface area contributed by atoms with E-state index in [0.717, 1.165) is 6.42 Å². The van der Waals surface area contributed by atoms with Crippen LogP contribution in [0.25, 0.3) is 0 Å². The van der Waals surface area contributed by atoms with Crippen LogP contribution in [-0.2, 0) is 4.74 Å². The van der Waals surface area contributed by atoms with Crippen LogP contribution in [0.1, 0.15) is 34.1 Å². The molecule has 0 aromatic heterocycles. The number of rotatable bonds is 1. The number of aliphatic hydroxyl groups is 1. The monoisotopic (exact) mass is 411 g/mol. The molecule has 0 saturated carbocycles. The molecule has 5 atom stereocenters. The van der Waals surface area contributed by atoms with Gasteiger partial charge in [0, 0.05) is 50.0 Å². The SMILES string of the molecule is CC1C2CC(C(C)(C)O)C(O2)C1C.[Ac]. The summed E-state index contributed by atoms with van der Waals surface area (Å²) in [5.41, 5.74) is -0.576. The summed E-state index contributed by atoms with van der Waals surface area (Å²) in [7, 11) is 0. The topological polar surface area (TPSA) is 29.5 Å². The third kappa shape index (κ3) is 2.08. The van der Waals surface area contributed by atoms with Crippen molar-refractivity contribution in [1.82, 2.24) is 0 Å². The van der Waals surface area contributed by atoms with Crippen molar-refractivity contribution in [3.05, 3.63) is 0 Å². The van der Waals surface area contributed by atoms with Gasteiger partial charge in [-0.1, -0.05) is 13.8 Å². The molecule has 2 fully saturated rings. The predicted octanol–water partition coefficient (Wildman–Crippen LogP) is 1.82. The van der Waals surface area contributed by atoms with E-state index < -0.39 is 5.60 Å². The van der Waals surface area contributed by atoms with E-state index in [9.17, 15) is 5.11 Å². The molecule has 1 radical (unpaired) electrons. The molecule has 0 amide bonds. The average Bonchev–Trinajstić information content (AvgIpc) is 2.51. The molecule has 1 N–H and O–H groups in total. The number of hydrogen-bond donors (Lipinski definition) is 1. The first kappa shape index (κ1) is 13.4. The van der Waals surface area contributed by atoms with Gasteiger partial charge in [-0.15, -0.1) is 0 Å². The Kier molecular flexibility index (Phi) is 4.14. The molecule has 5 unspecified atom stereocenters. The zero-order chi connectivity index (χ0) is 9.80. The minimum atomic E-state index is -0.576. The van der Waals surface area contributed by atoms with Crippen molar-refractivity contribution in [2.24, 2.45) is 17.8 Å². The summed E-state index contributed by atoms with van der Waals surface area (Å²) in [5.74, 6) is 1.61. The fraction of sp³-hybridized carbons (Fsp3) is 1.00.